The van der Waals surface area contributed by atoms with Crippen molar-refractivity contribution in [2.45, 2.75) is 4.90 Å². The van der Waals surface area contributed by atoms with Crippen LogP contribution >= 0.6 is 34.8 Å². The lowest BCUT2D eigenvalue weighted by molar-refractivity contribution is 0.604. The van der Waals surface area contributed by atoms with Crippen molar-refractivity contribution in [2.24, 2.45) is 0 Å². The van der Waals surface area contributed by atoms with Crippen LogP contribution in [-0.4, -0.2) is 8.42 Å². The van der Waals surface area contributed by atoms with Crippen LogP contribution in [0.5, 0.6) is 0 Å². The molecule has 0 aromatic heterocycles. The molecule has 2 aromatic rings. The van der Waals surface area contributed by atoms with E-state index in [1.165, 1.54) is 12.1 Å². The highest BCUT2D eigenvalue weighted by Gasteiger charge is 2.22. The fourth-order valence-electron chi connectivity index (χ4n) is 1.53. The Morgan fingerprint density at radius 2 is 1.40 bits per heavy atom. The van der Waals surface area contributed by atoms with Crippen molar-refractivity contribution in [3.63, 3.8) is 0 Å². The smallest absolute Gasteiger partial charge is 0.218 e. The Balaban J connectivity index is 2.51. The lowest BCUT2D eigenvalue weighted by Crippen LogP contribution is -2.01. The largest absolute Gasteiger partial charge is 0.218 e. The molecule has 20 heavy (non-hydrogen) atoms. The molecule has 2 aromatic carbocycles. The molecule has 2 rings (SSSR count). The molecule has 0 amide bonds. The molecule has 0 aliphatic rings. The molecular weight excluding hydrogens is 339 g/mol. The molecule has 104 valence electrons. The van der Waals surface area contributed by atoms with E-state index in [4.69, 9.17) is 34.8 Å². The average molecular weight is 348 g/mol. The summed E-state index contributed by atoms with van der Waals surface area (Å²) >= 11 is 17.8. The maximum absolute atomic E-state index is 12.3. The summed E-state index contributed by atoms with van der Waals surface area (Å²) in [5.74, 6) is 0. The van der Waals surface area contributed by atoms with Crippen LogP contribution in [0.3, 0.4) is 0 Å². The number of hydrogen-bond donors (Lipinski definition) is 0. The van der Waals surface area contributed by atoms with E-state index in [-0.39, 0.29) is 9.93 Å². The van der Waals surface area contributed by atoms with Crippen molar-refractivity contribution in [2.75, 3.05) is 0 Å². The SMILES string of the molecule is O=S(=O)(/C(Cl)=C(/Cl)c1ccc(Cl)cc1)c1ccccc1. The molecule has 0 atom stereocenters. The monoisotopic (exact) mass is 346 g/mol. The van der Waals surface area contributed by atoms with E-state index in [0.717, 1.165) is 0 Å². The molecule has 0 saturated heterocycles. The van der Waals surface area contributed by atoms with Gasteiger partial charge in [-0.15, -0.1) is 0 Å². The van der Waals surface area contributed by atoms with Gasteiger partial charge in [0.1, 0.15) is 0 Å². The third-order valence-corrected chi connectivity index (χ3v) is 5.79. The predicted molar refractivity (Wildman–Crippen MR) is 83.7 cm³/mol. The third-order valence-electron chi connectivity index (χ3n) is 2.56. The summed E-state index contributed by atoms with van der Waals surface area (Å²) < 4.78 is 24.2. The fourth-order valence-corrected chi connectivity index (χ4v) is 3.54. The van der Waals surface area contributed by atoms with E-state index in [1.54, 1.807) is 42.5 Å². The summed E-state index contributed by atoms with van der Waals surface area (Å²) in [4.78, 5) is 0.0945. The molecule has 0 N–H and O–H groups in total. The second-order valence-corrected chi connectivity index (χ2v) is 7.21. The summed E-state index contributed by atoms with van der Waals surface area (Å²) in [5, 5.41) is 0.493. The normalized spacial score (nSPS) is 12.9. The van der Waals surface area contributed by atoms with Gasteiger partial charge in [0.15, 0.2) is 4.36 Å². The molecule has 2 nitrogen and oxygen atoms in total. The van der Waals surface area contributed by atoms with Crippen LogP contribution in [0, 0.1) is 0 Å². The minimum absolute atomic E-state index is 0.0350. The Hall–Kier alpha value is -1.00. The first kappa shape index (κ1) is 15.4. The maximum atomic E-state index is 12.3. The lowest BCUT2D eigenvalue weighted by atomic mass is 10.2. The summed E-state index contributed by atoms with van der Waals surface area (Å²) in [6, 6.07) is 14.3. The molecule has 0 aliphatic carbocycles. The number of benzene rings is 2. The number of rotatable bonds is 3. The van der Waals surface area contributed by atoms with Gasteiger partial charge in [0.2, 0.25) is 9.84 Å². The summed E-state index contributed by atoms with van der Waals surface area (Å²) in [6.07, 6.45) is 0. The number of hydrogen-bond acceptors (Lipinski definition) is 2. The maximum Gasteiger partial charge on any atom is 0.218 e. The van der Waals surface area contributed by atoms with Gasteiger partial charge in [-0.1, -0.05) is 65.1 Å². The van der Waals surface area contributed by atoms with Crippen molar-refractivity contribution in [1.82, 2.24) is 0 Å². The van der Waals surface area contributed by atoms with Crippen molar-refractivity contribution >= 4 is 49.7 Å². The molecule has 0 fully saturated rings. The van der Waals surface area contributed by atoms with Gasteiger partial charge in [0, 0.05) is 5.02 Å². The summed E-state index contributed by atoms with van der Waals surface area (Å²) in [7, 11) is -3.82. The summed E-state index contributed by atoms with van der Waals surface area (Å²) in [6.45, 7) is 0. The van der Waals surface area contributed by atoms with Gasteiger partial charge in [-0.2, -0.15) is 0 Å². The molecule has 0 bridgehead atoms. The minimum atomic E-state index is -3.82. The van der Waals surface area contributed by atoms with Crippen LogP contribution in [-0.2, 0) is 9.84 Å². The van der Waals surface area contributed by atoms with Crippen molar-refractivity contribution in [3.8, 4) is 0 Å². The number of sulfone groups is 1. The van der Waals surface area contributed by atoms with E-state index in [0.29, 0.717) is 10.6 Å². The quantitative estimate of drug-likeness (QED) is 0.790. The lowest BCUT2D eigenvalue weighted by Gasteiger charge is -2.06. The Labute approximate surface area is 132 Å². The standard InChI is InChI=1S/C14H9Cl3O2S/c15-11-8-6-10(7-9-11)13(16)14(17)20(18,19)12-4-2-1-3-5-12/h1-9H/b14-13+. The van der Waals surface area contributed by atoms with Gasteiger partial charge < -0.3 is 0 Å². The first-order valence-electron chi connectivity index (χ1n) is 5.54. The van der Waals surface area contributed by atoms with Gasteiger partial charge in [0.25, 0.3) is 0 Å². The zero-order chi connectivity index (χ0) is 14.8. The zero-order valence-electron chi connectivity index (χ0n) is 10.1. The highest BCUT2D eigenvalue weighted by atomic mass is 35.5. The van der Waals surface area contributed by atoms with E-state index < -0.39 is 14.2 Å². The van der Waals surface area contributed by atoms with E-state index in [2.05, 4.69) is 0 Å². The molecule has 0 aliphatic heterocycles. The molecule has 0 unspecified atom stereocenters. The first-order chi connectivity index (χ1) is 9.43. The van der Waals surface area contributed by atoms with Crippen LogP contribution in [0.4, 0.5) is 0 Å². The second kappa shape index (κ2) is 6.19. The van der Waals surface area contributed by atoms with Gasteiger partial charge >= 0.3 is 0 Å². The highest BCUT2D eigenvalue weighted by Crippen LogP contribution is 2.33. The second-order valence-electron chi connectivity index (χ2n) is 3.91. The molecule has 0 radical (unpaired) electrons. The minimum Gasteiger partial charge on any atom is -0.218 e. The fraction of sp³-hybridized carbons (Fsp3) is 0. The molecule has 0 saturated carbocycles. The zero-order valence-corrected chi connectivity index (χ0v) is 13.1. The van der Waals surface area contributed by atoms with E-state index in [1.807, 2.05) is 0 Å². The Morgan fingerprint density at radius 3 is 1.95 bits per heavy atom. The highest BCUT2D eigenvalue weighted by molar-refractivity contribution is 7.97. The first-order valence-corrected chi connectivity index (χ1v) is 8.16. The topological polar surface area (TPSA) is 34.1 Å². The molecule has 0 heterocycles. The van der Waals surface area contributed by atoms with Crippen molar-refractivity contribution < 1.29 is 8.42 Å². The van der Waals surface area contributed by atoms with Crippen molar-refractivity contribution in [3.05, 3.63) is 69.5 Å². The molecule has 0 spiro atoms. The van der Waals surface area contributed by atoms with Gasteiger partial charge in [-0.05, 0) is 29.8 Å². The summed E-state index contributed by atoms with van der Waals surface area (Å²) in [5.41, 5.74) is 0.487. The molecular formula is C14H9Cl3O2S. The van der Waals surface area contributed by atoms with Gasteiger partial charge in [-0.3, -0.25) is 0 Å². The average Bonchev–Trinajstić information content (AvgIpc) is 2.47. The van der Waals surface area contributed by atoms with Crippen molar-refractivity contribution in [1.29, 1.82) is 0 Å². The van der Waals surface area contributed by atoms with Gasteiger partial charge in [-0.25, -0.2) is 8.42 Å². The molecule has 6 heteroatoms. The number of halogens is 3. The third kappa shape index (κ3) is 3.18. The van der Waals surface area contributed by atoms with Gasteiger partial charge in [0.05, 0.1) is 9.93 Å². The van der Waals surface area contributed by atoms with Crippen LogP contribution in [0.2, 0.25) is 5.02 Å². The van der Waals surface area contributed by atoms with Crippen LogP contribution in [0.25, 0.3) is 5.03 Å². The van der Waals surface area contributed by atoms with E-state index in [9.17, 15) is 8.42 Å². The Bertz CT molecular complexity index is 736. The van der Waals surface area contributed by atoms with Crippen LogP contribution < -0.4 is 0 Å². The van der Waals surface area contributed by atoms with E-state index >= 15 is 0 Å². The van der Waals surface area contributed by atoms with Crippen LogP contribution in [0.1, 0.15) is 5.56 Å². The Morgan fingerprint density at radius 1 is 0.850 bits per heavy atom. The van der Waals surface area contributed by atoms with Crippen LogP contribution in [0.15, 0.2) is 63.9 Å². The Kier molecular flexibility index (Phi) is 4.76. The predicted octanol–water partition coefficient (Wildman–Crippen LogP) is 4.92.